The highest BCUT2D eigenvalue weighted by molar-refractivity contribution is 5.94. The maximum atomic E-state index is 12.5. The van der Waals surface area contributed by atoms with E-state index >= 15 is 0 Å². The van der Waals surface area contributed by atoms with E-state index in [9.17, 15) is 24.8 Å². The highest BCUT2D eigenvalue weighted by Gasteiger charge is 2.58. The fourth-order valence-corrected chi connectivity index (χ4v) is 3.55. The number of nitro groups is 1. The lowest BCUT2D eigenvalue weighted by Crippen LogP contribution is -2.57. The Bertz CT molecular complexity index is 819. The van der Waals surface area contributed by atoms with Crippen molar-refractivity contribution in [3.05, 3.63) is 51.2 Å². The van der Waals surface area contributed by atoms with Crippen LogP contribution in [0.2, 0.25) is 0 Å². The number of hydrogen-bond donors (Lipinski definition) is 2. The molecule has 3 rings (SSSR count). The minimum Gasteiger partial charge on any atom is -0.463 e. The van der Waals surface area contributed by atoms with Gasteiger partial charge in [0.2, 0.25) is 0 Å². The average molecular weight is 362 g/mol. The number of nitrogens with one attached hydrogen (secondary N) is 1. The van der Waals surface area contributed by atoms with Crippen LogP contribution >= 0.6 is 0 Å². The molecule has 1 fully saturated rings. The fourth-order valence-electron chi connectivity index (χ4n) is 3.55. The summed E-state index contributed by atoms with van der Waals surface area (Å²) in [5.41, 5.74) is -1.06. The number of non-ortho nitro benzene ring substituents is 1. The largest absolute Gasteiger partial charge is 0.463 e. The molecule has 26 heavy (non-hydrogen) atoms. The predicted octanol–water partition coefficient (Wildman–Crippen LogP) is 0.980. The zero-order valence-corrected chi connectivity index (χ0v) is 14.2. The Labute approximate surface area is 148 Å². The molecule has 2 heterocycles. The lowest BCUT2D eigenvalue weighted by Gasteiger charge is -2.39. The first-order valence-corrected chi connectivity index (χ1v) is 8.08. The molecular weight excluding hydrogens is 344 g/mol. The molecule has 9 heteroatoms. The van der Waals surface area contributed by atoms with Crippen molar-refractivity contribution in [3.8, 4) is 0 Å². The van der Waals surface area contributed by atoms with Gasteiger partial charge < -0.3 is 19.9 Å². The Morgan fingerprint density at radius 3 is 2.92 bits per heavy atom. The van der Waals surface area contributed by atoms with Crippen LogP contribution in [0.15, 0.2) is 35.5 Å². The van der Waals surface area contributed by atoms with Crippen molar-refractivity contribution in [2.75, 3.05) is 13.2 Å². The molecule has 1 aromatic rings. The predicted molar refractivity (Wildman–Crippen MR) is 87.7 cm³/mol. The van der Waals surface area contributed by atoms with E-state index in [-0.39, 0.29) is 24.5 Å². The van der Waals surface area contributed by atoms with Gasteiger partial charge in [-0.25, -0.2) is 4.79 Å². The van der Waals surface area contributed by atoms with Gasteiger partial charge in [0.05, 0.1) is 17.1 Å². The first-order valence-electron chi connectivity index (χ1n) is 8.08. The van der Waals surface area contributed by atoms with Crippen LogP contribution in [0.1, 0.15) is 25.3 Å². The smallest absolute Gasteiger partial charge is 0.336 e. The third-order valence-electron chi connectivity index (χ3n) is 4.59. The number of benzene rings is 1. The number of aliphatic hydroxyl groups is 1. The van der Waals surface area contributed by atoms with Crippen LogP contribution in [-0.2, 0) is 19.1 Å². The van der Waals surface area contributed by atoms with Gasteiger partial charge in [-0.2, -0.15) is 0 Å². The molecule has 1 aromatic carbocycles. The van der Waals surface area contributed by atoms with E-state index in [1.807, 2.05) is 0 Å². The Balaban J connectivity index is 2.19. The zero-order valence-electron chi connectivity index (χ0n) is 14.2. The van der Waals surface area contributed by atoms with Crippen molar-refractivity contribution in [1.82, 2.24) is 5.32 Å². The van der Waals surface area contributed by atoms with Crippen LogP contribution in [0, 0.1) is 16.0 Å². The normalized spacial score (nSPS) is 27.4. The number of hydrogen-bond acceptors (Lipinski definition) is 8. The summed E-state index contributed by atoms with van der Waals surface area (Å²) in [6.45, 7) is 3.06. The average Bonchev–Trinajstić information content (AvgIpc) is 2.88. The van der Waals surface area contributed by atoms with Gasteiger partial charge in [-0.1, -0.05) is 12.1 Å². The molecule has 0 saturated carbocycles. The molecular formula is C17H18N2O7. The van der Waals surface area contributed by atoms with E-state index in [2.05, 4.69) is 5.32 Å². The fraction of sp³-hybridized carbons (Fsp3) is 0.412. The summed E-state index contributed by atoms with van der Waals surface area (Å²) in [5, 5.41) is 24.7. The second kappa shape index (κ2) is 6.41. The van der Waals surface area contributed by atoms with E-state index in [1.54, 1.807) is 19.9 Å². The molecule has 9 nitrogen and oxygen atoms in total. The summed E-state index contributed by atoms with van der Waals surface area (Å²) >= 11 is 0. The van der Waals surface area contributed by atoms with Crippen molar-refractivity contribution >= 4 is 17.6 Å². The van der Waals surface area contributed by atoms with E-state index < -0.39 is 34.4 Å². The summed E-state index contributed by atoms with van der Waals surface area (Å²) in [4.78, 5) is 35.4. The molecule has 0 aromatic heterocycles. The topological polar surface area (TPSA) is 128 Å². The highest BCUT2D eigenvalue weighted by Crippen LogP contribution is 2.46. The zero-order chi connectivity index (χ0) is 19.1. The summed E-state index contributed by atoms with van der Waals surface area (Å²) < 4.78 is 10.1. The number of carbonyl (C=O) groups excluding carboxylic acids is 2. The molecule has 2 N–H and O–H groups in total. The molecule has 0 radical (unpaired) electrons. The first-order chi connectivity index (χ1) is 12.3. The Hall–Kier alpha value is -2.94. The molecule has 0 unspecified atom stereocenters. The minimum atomic E-state index is -1.70. The molecule has 0 amide bonds. The van der Waals surface area contributed by atoms with Crippen LogP contribution < -0.4 is 5.32 Å². The second-order valence-electron chi connectivity index (χ2n) is 6.22. The first kappa shape index (κ1) is 17.9. The summed E-state index contributed by atoms with van der Waals surface area (Å²) in [6, 6.07) is 5.63. The van der Waals surface area contributed by atoms with Gasteiger partial charge in [-0.05, 0) is 19.4 Å². The van der Waals surface area contributed by atoms with Crippen LogP contribution in [-0.4, -0.2) is 40.9 Å². The molecule has 3 atom stereocenters. The number of fused-ring (bicyclic) bond motifs is 1. The number of carbonyl (C=O) groups is 2. The quantitative estimate of drug-likeness (QED) is 0.461. The van der Waals surface area contributed by atoms with Crippen molar-refractivity contribution < 1.29 is 29.1 Å². The van der Waals surface area contributed by atoms with Gasteiger partial charge in [0.15, 0.2) is 5.72 Å². The summed E-state index contributed by atoms with van der Waals surface area (Å²) in [6.07, 6.45) is 0. The van der Waals surface area contributed by atoms with Crippen LogP contribution in [0.4, 0.5) is 5.69 Å². The monoisotopic (exact) mass is 362 g/mol. The Morgan fingerprint density at radius 2 is 2.27 bits per heavy atom. The van der Waals surface area contributed by atoms with E-state index in [4.69, 9.17) is 9.47 Å². The van der Waals surface area contributed by atoms with E-state index in [0.717, 1.165) is 0 Å². The van der Waals surface area contributed by atoms with Crippen LogP contribution in [0.5, 0.6) is 0 Å². The van der Waals surface area contributed by atoms with Gasteiger partial charge in [0.1, 0.15) is 12.5 Å². The maximum Gasteiger partial charge on any atom is 0.336 e. The lowest BCUT2D eigenvalue weighted by molar-refractivity contribution is -0.384. The Morgan fingerprint density at radius 1 is 1.54 bits per heavy atom. The lowest BCUT2D eigenvalue weighted by atomic mass is 9.72. The second-order valence-corrected chi connectivity index (χ2v) is 6.22. The molecule has 2 aliphatic rings. The van der Waals surface area contributed by atoms with E-state index in [1.165, 1.54) is 18.2 Å². The number of nitrogens with zero attached hydrogens (tertiary/aromatic N) is 1. The third-order valence-corrected chi connectivity index (χ3v) is 4.59. The van der Waals surface area contributed by atoms with Crippen LogP contribution in [0.3, 0.4) is 0 Å². The number of esters is 2. The SMILES string of the molecule is CCOC(=O)C1=C(C)N[C@@]2(O)COC(=O)[C@H]2[C@@H]1c1cccc([N+](=O)[O-])c1. The molecule has 0 aliphatic carbocycles. The number of rotatable bonds is 4. The number of cyclic esters (lactones) is 1. The summed E-state index contributed by atoms with van der Waals surface area (Å²) in [5.74, 6) is -3.41. The van der Waals surface area contributed by atoms with Gasteiger partial charge in [-0.15, -0.1) is 0 Å². The van der Waals surface area contributed by atoms with E-state index in [0.29, 0.717) is 11.3 Å². The van der Waals surface area contributed by atoms with Crippen molar-refractivity contribution in [2.24, 2.45) is 5.92 Å². The standard InChI is InChI=1S/C17H18N2O7/c1-3-25-15(20)12-9(2)18-17(22)8-26-16(21)14(17)13(12)10-5-4-6-11(7-10)19(23)24/h4-7,13-14,18,22H,3,8H2,1-2H3/t13-,14-,17-/m1/s1. The molecule has 0 bridgehead atoms. The molecule has 2 aliphatic heterocycles. The highest BCUT2D eigenvalue weighted by atomic mass is 16.6. The van der Waals surface area contributed by atoms with Gasteiger partial charge in [0.25, 0.3) is 5.69 Å². The number of ether oxygens (including phenoxy) is 2. The number of nitro benzene ring substituents is 1. The summed E-state index contributed by atoms with van der Waals surface area (Å²) in [7, 11) is 0. The van der Waals surface area contributed by atoms with Crippen molar-refractivity contribution in [2.45, 2.75) is 25.5 Å². The van der Waals surface area contributed by atoms with Crippen molar-refractivity contribution in [1.29, 1.82) is 0 Å². The molecule has 0 spiro atoms. The maximum absolute atomic E-state index is 12.5. The number of allylic oxidation sites excluding steroid dienone is 1. The van der Waals surface area contributed by atoms with Gasteiger partial charge >= 0.3 is 11.9 Å². The van der Waals surface area contributed by atoms with Crippen LogP contribution in [0.25, 0.3) is 0 Å². The van der Waals surface area contributed by atoms with Gasteiger partial charge in [0, 0.05) is 23.7 Å². The third kappa shape index (κ3) is 2.80. The molecule has 1 saturated heterocycles. The van der Waals surface area contributed by atoms with Crippen molar-refractivity contribution in [3.63, 3.8) is 0 Å². The Kier molecular flexibility index (Phi) is 4.41. The minimum absolute atomic E-state index is 0.122. The van der Waals surface area contributed by atoms with Gasteiger partial charge in [-0.3, -0.25) is 14.9 Å². The molecule has 138 valence electrons.